The van der Waals surface area contributed by atoms with E-state index in [0.717, 1.165) is 12.8 Å². The van der Waals surface area contributed by atoms with Crippen molar-refractivity contribution in [3.05, 3.63) is 11.6 Å². The summed E-state index contributed by atoms with van der Waals surface area (Å²) < 4.78 is 0. The van der Waals surface area contributed by atoms with Crippen molar-refractivity contribution in [2.75, 3.05) is 0 Å². The largest absolute Gasteiger partial charge is 0.354 e. The van der Waals surface area contributed by atoms with Crippen LogP contribution < -0.4 is 5.32 Å². The minimum atomic E-state index is 0.201. The molecule has 1 unspecified atom stereocenters. The SMILES string of the molecule is CC1=CCC(C(=O)NC(C)C)C1. The summed E-state index contributed by atoms with van der Waals surface area (Å²) in [6.07, 6.45) is 4.02. The summed E-state index contributed by atoms with van der Waals surface area (Å²) in [6, 6.07) is 0.262. The van der Waals surface area contributed by atoms with Crippen LogP contribution >= 0.6 is 0 Å². The van der Waals surface area contributed by atoms with Crippen LogP contribution in [0.3, 0.4) is 0 Å². The number of carbonyl (C=O) groups excluding carboxylic acids is 1. The van der Waals surface area contributed by atoms with Crippen molar-refractivity contribution >= 4 is 5.91 Å². The molecule has 0 aliphatic heterocycles. The zero-order chi connectivity index (χ0) is 9.14. The van der Waals surface area contributed by atoms with Crippen molar-refractivity contribution in [3.63, 3.8) is 0 Å². The van der Waals surface area contributed by atoms with Crippen molar-refractivity contribution in [1.82, 2.24) is 5.32 Å². The third-order valence-electron chi connectivity index (χ3n) is 2.12. The van der Waals surface area contributed by atoms with E-state index in [9.17, 15) is 4.79 Å². The van der Waals surface area contributed by atoms with Crippen molar-refractivity contribution in [1.29, 1.82) is 0 Å². The number of amides is 1. The number of allylic oxidation sites excluding steroid dienone is 2. The molecular formula is C10H17NO. The van der Waals surface area contributed by atoms with Gasteiger partial charge < -0.3 is 5.32 Å². The lowest BCUT2D eigenvalue weighted by molar-refractivity contribution is -0.125. The van der Waals surface area contributed by atoms with Gasteiger partial charge >= 0.3 is 0 Å². The Kier molecular flexibility index (Phi) is 2.90. The lowest BCUT2D eigenvalue weighted by Crippen LogP contribution is -2.34. The highest BCUT2D eigenvalue weighted by Gasteiger charge is 2.21. The number of hydrogen-bond acceptors (Lipinski definition) is 1. The molecule has 2 heteroatoms. The Morgan fingerprint density at radius 1 is 1.67 bits per heavy atom. The quantitative estimate of drug-likeness (QED) is 0.625. The molecule has 68 valence electrons. The Bertz CT molecular complexity index is 206. The molecule has 0 fully saturated rings. The molecule has 0 aromatic rings. The van der Waals surface area contributed by atoms with E-state index in [2.05, 4.69) is 18.3 Å². The number of carbonyl (C=O) groups is 1. The normalized spacial score (nSPS) is 22.7. The van der Waals surface area contributed by atoms with Crippen LogP contribution in [-0.4, -0.2) is 11.9 Å². The molecule has 0 aromatic carbocycles. The second-order valence-corrected chi connectivity index (χ2v) is 3.85. The fourth-order valence-electron chi connectivity index (χ4n) is 1.50. The third-order valence-corrected chi connectivity index (χ3v) is 2.12. The Morgan fingerprint density at radius 2 is 2.33 bits per heavy atom. The molecule has 1 rings (SSSR count). The van der Waals surface area contributed by atoms with Crippen molar-refractivity contribution < 1.29 is 4.79 Å². The minimum absolute atomic E-state index is 0.201. The van der Waals surface area contributed by atoms with Gasteiger partial charge in [0.25, 0.3) is 0 Å². The molecule has 0 aromatic heterocycles. The summed E-state index contributed by atoms with van der Waals surface area (Å²) in [5, 5.41) is 2.93. The summed E-state index contributed by atoms with van der Waals surface area (Å²) in [7, 11) is 0. The summed E-state index contributed by atoms with van der Waals surface area (Å²) in [6.45, 7) is 6.07. The molecule has 0 saturated carbocycles. The van der Waals surface area contributed by atoms with E-state index in [1.807, 2.05) is 13.8 Å². The second-order valence-electron chi connectivity index (χ2n) is 3.85. The van der Waals surface area contributed by atoms with Crippen LogP contribution in [0.2, 0.25) is 0 Å². The van der Waals surface area contributed by atoms with E-state index >= 15 is 0 Å². The van der Waals surface area contributed by atoms with Gasteiger partial charge in [-0.3, -0.25) is 4.79 Å². The molecular weight excluding hydrogens is 150 g/mol. The highest BCUT2D eigenvalue weighted by atomic mass is 16.1. The van der Waals surface area contributed by atoms with Crippen LogP contribution in [0.5, 0.6) is 0 Å². The zero-order valence-electron chi connectivity index (χ0n) is 8.05. The first kappa shape index (κ1) is 9.30. The van der Waals surface area contributed by atoms with Crippen molar-refractivity contribution in [2.45, 2.75) is 39.7 Å². The summed E-state index contributed by atoms with van der Waals surface area (Å²) in [5.41, 5.74) is 1.35. The predicted octanol–water partition coefficient (Wildman–Crippen LogP) is 1.87. The lowest BCUT2D eigenvalue weighted by atomic mass is 10.0. The number of nitrogens with one attached hydrogen (secondary N) is 1. The average molecular weight is 167 g/mol. The Labute approximate surface area is 74.0 Å². The van der Waals surface area contributed by atoms with E-state index in [-0.39, 0.29) is 17.9 Å². The fourth-order valence-corrected chi connectivity index (χ4v) is 1.50. The first-order valence-electron chi connectivity index (χ1n) is 4.55. The van der Waals surface area contributed by atoms with E-state index < -0.39 is 0 Å². The topological polar surface area (TPSA) is 29.1 Å². The highest BCUT2D eigenvalue weighted by molar-refractivity contribution is 5.79. The van der Waals surface area contributed by atoms with Crippen LogP contribution in [0.1, 0.15) is 33.6 Å². The third kappa shape index (κ3) is 2.36. The van der Waals surface area contributed by atoms with Gasteiger partial charge in [-0.05, 0) is 33.6 Å². The van der Waals surface area contributed by atoms with Crippen LogP contribution in [0.15, 0.2) is 11.6 Å². The summed E-state index contributed by atoms with van der Waals surface area (Å²) in [4.78, 5) is 11.5. The molecule has 1 aliphatic rings. The minimum Gasteiger partial charge on any atom is -0.354 e. The number of hydrogen-bond donors (Lipinski definition) is 1. The van der Waals surface area contributed by atoms with Gasteiger partial charge in [-0.15, -0.1) is 0 Å². The standard InChI is InChI=1S/C10H17NO/c1-7(2)11-10(12)9-5-4-8(3)6-9/h4,7,9H,5-6H2,1-3H3,(H,11,12). The summed E-state index contributed by atoms with van der Waals surface area (Å²) in [5.74, 6) is 0.408. The molecule has 1 amide bonds. The molecule has 2 nitrogen and oxygen atoms in total. The van der Waals surface area contributed by atoms with Crippen LogP contribution in [0.4, 0.5) is 0 Å². The monoisotopic (exact) mass is 167 g/mol. The van der Waals surface area contributed by atoms with E-state index in [0.29, 0.717) is 0 Å². The molecule has 1 atom stereocenters. The predicted molar refractivity (Wildman–Crippen MR) is 49.8 cm³/mol. The first-order valence-corrected chi connectivity index (χ1v) is 4.55. The molecule has 0 saturated heterocycles. The van der Waals surface area contributed by atoms with Crippen LogP contribution in [-0.2, 0) is 4.79 Å². The van der Waals surface area contributed by atoms with Gasteiger partial charge in [0, 0.05) is 12.0 Å². The molecule has 0 heterocycles. The Balaban J connectivity index is 2.36. The first-order chi connectivity index (χ1) is 5.59. The Hall–Kier alpha value is -0.790. The maximum absolute atomic E-state index is 11.5. The summed E-state index contributed by atoms with van der Waals surface area (Å²) >= 11 is 0. The van der Waals surface area contributed by atoms with Crippen molar-refractivity contribution in [3.8, 4) is 0 Å². The second kappa shape index (κ2) is 3.74. The molecule has 12 heavy (non-hydrogen) atoms. The van der Waals surface area contributed by atoms with E-state index in [1.165, 1.54) is 5.57 Å². The van der Waals surface area contributed by atoms with Gasteiger partial charge in [0.1, 0.15) is 0 Å². The maximum atomic E-state index is 11.5. The molecule has 0 radical (unpaired) electrons. The van der Waals surface area contributed by atoms with Crippen LogP contribution in [0, 0.1) is 5.92 Å². The van der Waals surface area contributed by atoms with Gasteiger partial charge in [-0.1, -0.05) is 11.6 Å². The van der Waals surface area contributed by atoms with Crippen LogP contribution in [0.25, 0.3) is 0 Å². The molecule has 0 spiro atoms. The highest BCUT2D eigenvalue weighted by Crippen LogP contribution is 2.24. The van der Waals surface area contributed by atoms with Gasteiger partial charge in [-0.25, -0.2) is 0 Å². The lowest BCUT2D eigenvalue weighted by Gasteiger charge is -2.13. The molecule has 1 N–H and O–H groups in total. The molecule has 1 aliphatic carbocycles. The fraction of sp³-hybridized carbons (Fsp3) is 0.700. The van der Waals surface area contributed by atoms with Gasteiger partial charge in [0.05, 0.1) is 0 Å². The van der Waals surface area contributed by atoms with Crippen molar-refractivity contribution in [2.24, 2.45) is 5.92 Å². The average Bonchev–Trinajstić information content (AvgIpc) is 2.34. The van der Waals surface area contributed by atoms with E-state index in [4.69, 9.17) is 0 Å². The van der Waals surface area contributed by atoms with Gasteiger partial charge in [0.2, 0.25) is 5.91 Å². The Morgan fingerprint density at radius 3 is 2.75 bits per heavy atom. The smallest absolute Gasteiger partial charge is 0.223 e. The van der Waals surface area contributed by atoms with Gasteiger partial charge in [0.15, 0.2) is 0 Å². The van der Waals surface area contributed by atoms with Gasteiger partial charge in [-0.2, -0.15) is 0 Å². The zero-order valence-corrected chi connectivity index (χ0v) is 8.05. The maximum Gasteiger partial charge on any atom is 0.223 e. The molecule has 0 bridgehead atoms. The number of rotatable bonds is 2. The van der Waals surface area contributed by atoms with E-state index in [1.54, 1.807) is 0 Å².